The summed E-state index contributed by atoms with van der Waals surface area (Å²) in [5.74, 6) is 0.241. The number of phenolic OH excluding ortho intramolecular Hbond substituents is 1. The Hall–Kier alpha value is -0.780. The molecule has 0 unspecified atom stereocenters. The number of carbonyl (C=O) groups is 1. The van der Waals surface area contributed by atoms with Crippen molar-refractivity contribution in [1.82, 2.24) is 0 Å². The van der Waals surface area contributed by atoms with Crippen LogP contribution in [0.1, 0.15) is 5.56 Å². The van der Waals surface area contributed by atoms with Gasteiger partial charge in [-0.3, -0.25) is 4.79 Å². The third kappa shape index (κ3) is 2.37. The Bertz CT molecular complexity index is 286. The second-order valence-corrected chi connectivity index (χ2v) is 3.36. The second-order valence-electron chi connectivity index (χ2n) is 2.19. The van der Waals surface area contributed by atoms with E-state index in [1.165, 1.54) is 0 Å². The van der Waals surface area contributed by atoms with E-state index in [0.717, 1.165) is 9.13 Å². The quantitative estimate of drug-likeness (QED) is 0.675. The zero-order valence-corrected chi connectivity index (χ0v) is 8.32. The Balaban J connectivity index is 2.75. The van der Waals surface area contributed by atoms with E-state index in [1.54, 1.807) is 18.2 Å². The molecule has 0 atom stereocenters. The minimum atomic E-state index is 0.241. The molecule has 12 heavy (non-hydrogen) atoms. The number of carbonyl (C=O) groups excluding carboxylic acids is 1. The highest BCUT2D eigenvalue weighted by molar-refractivity contribution is 14.1. The first-order valence-corrected chi connectivity index (χ1v) is 4.34. The van der Waals surface area contributed by atoms with Crippen molar-refractivity contribution in [3.8, 4) is 5.75 Å². The standard InChI is InChI=1S/C8H7IO3/c9-7-3-6(4-12-5-10)1-2-8(7)11/h1-3,5,11H,4H2. The Morgan fingerprint density at radius 2 is 2.33 bits per heavy atom. The zero-order chi connectivity index (χ0) is 8.97. The molecular weight excluding hydrogens is 271 g/mol. The fourth-order valence-electron chi connectivity index (χ4n) is 0.770. The summed E-state index contributed by atoms with van der Waals surface area (Å²) < 4.78 is 5.30. The predicted molar refractivity (Wildman–Crippen MR) is 51.7 cm³/mol. The molecule has 0 bridgehead atoms. The van der Waals surface area contributed by atoms with Crippen molar-refractivity contribution in [2.75, 3.05) is 0 Å². The van der Waals surface area contributed by atoms with Crippen LogP contribution in [0.4, 0.5) is 0 Å². The first kappa shape index (κ1) is 9.31. The minimum absolute atomic E-state index is 0.241. The predicted octanol–water partition coefficient (Wildman–Crippen LogP) is 1.67. The summed E-state index contributed by atoms with van der Waals surface area (Å²) in [7, 11) is 0. The number of phenols is 1. The monoisotopic (exact) mass is 278 g/mol. The van der Waals surface area contributed by atoms with Crippen LogP contribution >= 0.6 is 22.6 Å². The number of hydrogen-bond acceptors (Lipinski definition) is 3. The van der Waals surface area contributed by atoms with Crippen LogP contribution in [0.25, 0.3) is 0 Å². The maximum absolute atomic E-state index is 9.86. The zero-order valence-electron chi connectivity index (χ0n) is 6.16. The summed E-state index contributed by atoms with van der Waals surface area (Å²) in [4.78, 5) is 9.86. The second kappa shape index (κ2) is 4.30. The summed E-state index contributed by atoms with van der Waals surface area (Å²) in [6, 6.07) is 5.05. The third-order valence-electron chi connectivity index (χ3n) is 1.33. The van der Waals surface area contributed by atoms with E-state index in [2.05, 4.69) is 4.74 Å². The Kier molecular flexibility index (Phi) is 3.33. The van der Waals surface area contributed by atoms with Gasteiger partial charge in [-0.15, -0.1) is 0 Å². The van der Waals surface area contributed by atoms with Gasteiger partial charge >= 0.3 is 0 Å². The van der Waals surface area contributed by atoms with Gasteiger partial charge in [0.05, 0.1) is 3.57 Å². The van der Waals surface area contributed by atoms with Crippen molar-refractivity contribution in [3.05, 3.63) is 27.3 Å². The van der Waals surface area contributed by atoms with Crippen LogP contribution in [0.15, 0.2) is 18.2 Å². The van der Waals surface area contributed by atoms with Gasteiger partial charge in [-0.25, -0.2) is 0 Å². The molecule has 1 rings (SSSR count). The highest BCUT2D eigenvalue weighted by Crippen LogP contribution is 2.20. The molecule has 0 aliphatic carbocycles. The van der Waals surface area contributed by atoms with Crippen molar-refractivity contribution in [2.45, 2.75) is 6.61 Å². The van der Waals surface area contributed by atoms with Crippen LogP contribution < -0.4 is 0 Å². The smallest absolute Gasteiger partial charge is 0.293 e. The molecule has 4 heteroatoms. The summed E-state index contributed by atoms with van der Waals surface area (Å²) in [5.41, 5.74) is 0.865. The molecule has 0 fully saturated rings. The average molecular weight is 278 g/mol. The Labute approximate surface area is 83.5 Å². The maximum atomic E-state index is 9.86. The molecule has 0 aliphatic heterocycles. The van der Waals surface area contributed by atoms with Gasteiger partial charge in [-0.2, -0.15) is 0 Å². The van der Waals surface area contributed by atoms with E-state index in [0.29, 0.717) is 6.47 Å². The normalized spacial score (nSPS) is 9.42. The van der Waals surface area contributed by atoms with Crippen molar-refractivity contribution < 1.29 is 14.6 Å². The fourth-order valence-corrected chi connectivity index (χ4v) is 1.35. The van der Waals surface area contributed by atoms with Gasteiger partial charge in [-0.05, 0) is 40.3 Å². The molecule has 0 amide bonds. The molecular formula is C8H7IO3. The molecule has 0 spiro atoms. The largest absolute Gasteiger partial charge is 0.507 e. The molecule has 1 N–H and O–H groups in total. The first-order chi connectivity index (χ1) is 5.74. The molecule has 0 heterocycles. The Morgan fingerprint density at radius 3 is 2.92 bits per heavy atom. The summed E-state index contributed by atoms with van der Waals surface area (Å²) in [6.07, 6.45) is 0. The van der Waals surface area contributed by atoms with Gasteiger partial charge in [0, 0.05) is 0 Å². The minimum Gasteiger partial charge on any atom is -0.507 e. The van der Waals surface area contributed by atoms with E-state index in [-0.39, 0.29) is 12.4 Å². The van der Waals surface area contributed by atoms with Crippen molar-refractivity contribution in [3.63, 3.8) is 0 Å². The molecule has 1 aromatic rings. The van der Waals surface area contributed by atoms with Crippen LogP contribution in [0.3, 0.4) is 0 Å². The van der Waals surface area contributed by atoms with Crippen LogP contribution in [-0.2, 0) is 16.1 Å². The summed E-state index contributed by atoms with van der Waals surface area (Å²) in [5, 5.41) is 9.15. The van der Waals surface area contributed by atoms with E-state index in [9.17, 15) is 4.79 Å². The third-order valence-corrected chi connectivity index (χ3v) is 2.19. The van der Waals surface area contributed by atoms with E-state index in [1.807, 2.05) is 22.6 Å². The first-order valence-electron chi connectivity index (χ1n) is 3.26. The lowest BCUT2D eigenvalue weighted by Gasteiger charge is -2.01. The van der Waals surface area contributed by atoms with Gasteiger partial charge in [0.15, 0.2) is 0 Å². The molecule has 3 nitrogen and oxygen atoms in total. The SMILES string of the molecule is O=COCc1ccc(O)c(I)c1. The lowest BCUT2D eigenvalue weighted by molar-refractivity contribution is -0.129. The topological polar surface area (TPSA) is 46.5 Å². The van der Waals surface area contributed by atoms with Crippen molar-refractivity contribution >= 4 is 29.1 Å². The van der Waals surface area contributed by atoms with Gasteiger partial charge in [0.1, 0.15) is 12.4 Å². The van der Waals surface area contributed by atoms with Crippen LogP contribution in [0, 0.1) is 3.57 Å². The molecule has 0 saturated heterocycles. The number of halogens is 1. The number of aromatic hydroxyl groups is 1. The molecule has 64 valence electrons. The lowest BCUT2D eigenvalue weighted by atomic mass is 10.2. The molecule has 0 saturated carbocycles. The number of hydrogen-bond donors (Lipinski definition) is 1. The Morgan fingerprint density at radius 1 is 1.58 bits per heavy atom. The number of rotatable bonds is 3. The fraction of sp³-hybridized carbons (Fsp3) is 0.125. The van der Waals surface area contributed by atoms with E-state index in [4.69, 9.17) is 5.11 Å². The maximum Gasteiger partial charge on any atom is 0.293 e. The molecule has 0 aliphatic rings. The highest BCUT2D eigenvalue weighted by atomic mass is 127. The molecule has 0 aromatic heterocycles. The molecule has 1 aromatic carbocycles. The van der Waals surface area contributed by atoms with Gasteiger partial charge in [0.2, 0.25) is 0 Å². The summed E-state index contributed by atoms with van der Waals surface area (Å²) in [6.45, 7) is 0.652. The highest BCUT2D eigenvalue weighted by Gasteiger charge is 1.98. The average Bonchev–Trinajstić information content (AvgIpc) is 2.07. The summed E-state index contributed by atoms with van der Waals surface area (Å²) >= 11 is 2.01. The number of benzene rings is 1. The number of ether oxygens (including phenoxy) is 1. The van der Waals surface area contributed by atoms with Crippen molar-refractivity contribution in [2.24, 2.45) is 0 Å². The van der Waals surface area contributed by atoms with Crippen LogP contribution in [-0.4, -0.2) is 11.6 Å². The van der Waals surface area contributed by atoms with Gasteiger partial charge in [0.25, 0.3) is 6.47 Å². The molecule has 0 radical (unpaired) electrons. The van der Waals surface area contributed by atoms with Gasteiger partial charge in [-0.1, -0.05) is 6.07 Å². The van der Waals surface area contributed by atoms with E-state index >= 15 is 0 Å². The lowest BCUT2D eigenvalue weighted by Crippen LogP contribution is -1.90. The van der Waals surface area contributed by atoms with Crippen LogP contribution in [0.2, 0.25) is 0 Å². The van der Waals surface area contributed by atoms with Gasteiger partial charge < -0.3 is 9.84 Å². The van der Waals surface area contributed by atoms with E-state index < -0.39 is 0 Å². The van der Waals surface area contributed by atoms with Crippen molar-refractivity contribution in [1.29, 1.82) is 0 Å². The van der Waals surface area contributed by atoms with Crippen LogP contribution in [0.5, 0.6) is 5.75 Å².